The molecule has 1 aliphatic carbocycles. The van der Waals surface area contributed by atoms with Crippen LogP contribution in [-0.4, -0.2) is 25.2 Å². The fraction of sp³-hybridized carbons (Fsp3) is 0.647. The molecule has 0 aromatic heterocycles. The monoisotopic (exact) mass is 276 g/mol. The normalized spacial score (nSPS) is 27.1. The number of nitrogens with one attached hydrogen (secondary N) is 1. The lowest BCUT2D eigenvalue weighted by Crippen LogP contribution is -2.59. The van der Waals surface area contributed by atoms with E-state index < -0.39 is 0 Å². The van der Waals surface area contributed by atoms with Crippen LogP contribution in [0.4, 0.5) is 10.1 Å². The van der Waals surface area contributed by atoms with Gasteiger partial charge in [-0.3, -0.25) is 0 Å². The standard InChI is InChI=1S/C17H25FN2/c1-11(2)17-9-19-15(13-5-6-13)10-20(17)16-8-12(3)4-7-14(16)18/h4,7-8,11,13,15,17,19H,5-6,9-10H2,1-3H3. The van der Waals surface area contributed by atoms with E-state index in [4.69, 9.17) is 0 Å². The maximum atomic E-state index is 14.3. The molecule has 1 saturated carbocycles. The molecule has 20 heavy (non-hydrogen) atoms. The van der Waals surface area contributed by atoms with Crippen LogP contribution in [0.15, 0.2) is 18.2 Å². The molecular formula is C17H25FN2. The van der Waals surface area contributed by atoms with Gasteiger partial charge >= 0.3 is 0 Å². The predicted molar refractivity (Wildman–Crippen MR) is 81.6 cm³/mol. The van der Waals surface area contributed by atoms with Crippen molar-refractivity contribution in [2.45, 2.75) is 45.7 Å². The second kappa shape index (κ2) is 5.36. The fourth-order valence-electron chi connectivity index (χ4n) is 3.32. The summed E-state index contributed by atoms with van der Waals surface area (Å²) in [6, 6.07) is 6.37. The Morgan fingerprint density at radius 1 is 1.30 bits per heavy atom. The van der Waals surface area contributed by atoms with E-state index in [-0.39, 0.29) is 5.82 Å². The number of halogens is 1. The highest BCUT2D eigenvalue weighted by Crippen LogP contribution is 2.36. The van der Waals surface area contributed by atoms with Crippen LogP contribution in [0.2, 0.25) is 0 Å². The topological polar surface area (TPSA) is 15.3 Å². The first-order valence-corrected chi connectivity index (χ1v) is 7.82. The van der Waals surface area contributed by atoms with Crippen molar-refractivity contribution >= 4 is 5.69 Å². The molecule has 2 unspecified atom stereocenters. The van der Waals surface area contributed by atoms with Gasteiger partial charge in [-0.05, 0) is 49.3 Å². The molecule has 1 saturated heterocycles. The average Bonchev–Trinajstić information content (AvgIpc) is 3.25. The number of benzene rings is 1. The molecule has 1 N–H and O–H groups in total. The second-order valence-corrected chi connectivity index (χ2v) is 6.77. The smallest absolute Gasteiger partial charge is 0.146 e. The van der Waals surface area contributed by atoms with Gasteiger partial charge in [0, 0.05) is 25.2 Å². The lowest BCUT2D eigenvalue weighted by Gasteiger charge is -2.44. The van der Waals surface area contributed by atoms with Crippen molar-refractivity contribution in [3.05, 3.63) is 29.6 Å². The number of anilines is 1. The van der Waals surface area contributed by atoms with Crippen LogP contribution in [0, 0.1) is 24.6 Å². The molecule has 2 fully saturated rings. The van der Waals surface area contributed by atoms with E-state index in [1.165, 1.54) is 12.8 Å². The molecule has 1 aliphatic heterocycles. The van der Waals surface area contributed by atoms with Crippen molar-refractivity contribution < 1.29 is 4.39 Å². The highest BCUT2D eigenvalue weighted by molar-refractivity contribution is 5.52. The Balaban J connectivity index is 1.89. The summed E-state index contributed by atoms with van der Waals surface area (Å²) >= 11 is 0. The van der Waals surface area contributed by atoms with Crippen molar-refractivity contribution in [2.75, 3.05) is 18.0 Å². The van der Waals surface area contributed by atoms with Crippen LogP contribution in [0.3, 0.4) is 0 Å². The summed E-state index contributed by atoms with van der Waals surface area (Å²) in [6.45, 7) is 8.39. The van der Waals surface area contributed by atoms with Gasteiger partial charge in [-0.1, -0.05) is 19.9 Å². The molecule has 1 aromatic rings. The van der Waals surface area contributed by atoms with Crippen molar-refractivity contribution in [1.29, 1.82) is 0 Å². The van der Waals surface area contributed by atoms with Crippen molar-refractivity contribution in [1.82, 2.24) is 5.32 Å². The quantitative estimate of drug-likeness (QED) is 0.911. The predicted octanol–water partition coefficient (Wildman–Crippen LogP) is 3.35. The number of nitrogens with zero attached hydrogens (tertiary/aromatic N) is 1. The fourth-order valence-corrected chi connectivity index (χ4v) is 3.32. The molecule has 3 rings (SSSR count). The van der Waals surface area contributed by atoms with Crippen LogP contribution in [-0.2, 0) is 0 Å². The first-order valence-electron chi connectivity index (χ1n) is 7.82. The molecule has 3 heteroatoms. The molecule has 1 aromatic carbocycles. The van der Waals surface area contributed by atoms with Crippen LogP contribution in [0.1, 0.15) is 32.3 Å². The minimum Gasteiger partial charge on any atom is -0.363 e. The van der Waals surface area contributed by atoms with Crippen molar-refractivity contribution in [2.24, 2.45) is 11.8 Å². The van der Waals surface area contributed by atoms with Crippen LogP contribution in [0.5, 0.6) is 0 Å². The van der Waals surface area contributed by atoms with Crippen LogP contribution < -0.4 is 10.2 Å². The lowest BCUT2D eigenvalue weighted by atomic mass is 9.96. The van der Waals surface area contributed by atoms with E-state index in [0.29, 0.717) is 18.0 Å². The summed E-state index contributed by atoms with van der Waals surface area (Å²) < 4.78 is 14.3. The van der Waals surface area contributed by atoms with Crippen molar-refractivity contribution in [3.8, 4) is 0 Å². The Hall–Kier alpha value is -1.09. The van der Waals surface area contributed by atoms with E-state index in [1.807, 2.05) is 19.1 Å². The minimum atomic E-state index is -0.0855. The third-order valence-corrected chi connectivity index (χ3v) is 4.75. The molecule has 0 radical (unpaired) electrons. The molecule has 0 spiro atoms. The molecule has 1 heterocycles. The SMILES string of the molecule is Cc1ccc(F)c(N2CC(C3CC3)NCC2C(C)C)c1. The first-order chi connectivity index (χ1) is 9.56. The van der Waals surface area contributed by atoms with E-state index >= 15 is 0 Å². The molecule has 0 amide bonds. The van der Waals surface area contributed by atoms with E-state index in [2.05, 4.69) is 24.1 Å². The summed E-state index contributed by atoms with van der Waals surface area (Å²) in [7, 11) is 0. The molecule has 110 valence electrons. The van der Waals surface area contributed by atoms with E-state index in [1.54, 1.807) is 6.07 Å². The largest absolute Gasteiger partial charge is 0.363 e. The van der Waals surface area contributed by atoms with Gasteiger partial charge in [0.05, 0.1) is 5.69 Å². The number of hydrogen-bond acceptors (Lipinski definition) is 2. The van der Waals surface area contributed by atoms with E-state index in [0.717, 1.165) is 30.3 Å². The Morgan fingerprint density at radius 2 is 2.05 bits per heavy atom. The highest BCUT2D eigenvalue weighted by Gasteiger charge is 2.38. The van der Waals surface area contributed by atoms with Crippen molar-refractivity contribution in [3.63, 3.8) is 0 Å². The number of piperazine rings is 1. The highest BCUT2D eigenvalue weighted by atomic mass is 19.1. The first kappa shape index (κ1) is 13.9. The zero-order valence-electron chi connectivity index (χ0n) is 12.7. The van der Waals surface area contributed by atoms with Gasteiger partial charge in [-0.25, -0.2) is 4.39 Å². The Kier molecular flexibility index (Phi) is 3.72. The van der Waals surface area contributed by atoms with Gasteiger partial charge in [-0.2, -0.15) is 0 Å². The van der Waals surface area contributed by atoms with Crippen LogP contribution in [0.25, 0.3) is 0 Å². The molecule has 2 nitrogen and oxygen atoms in total. The Bertz CT molecular complexity index is 482. The molecular weight excluding hydrogens is 251 g/mol. The summed E-state index contributed by atoms with van der Waals surface area (Å²) in [4.78, 5) is 2.31. The number of aryl methyl sites for hydroxylation is 1. The summed E-state index contributed by atoms with van der Waals surface area (Å²) in [5.74, 6) is 1.23. The summed E-state index contributed by atoms with van der Waals surface area (Å²) in [6.07, 6.45) is 2.66. The van der Waals surface area contributed by atoms with Gasteiger partial charge in [0.1, 0.15) is 5.82 Å². The molecule has 2 atom stereocenters. The summed E-state index contributed by atoms with van der Waals surface area (Å²) in [5.41, 5.74) is 1.92. The lowest BCUT2D eigenvalue weighted by molar-refractivity contribution is 0.318. The Morgan fingerprint density at radius 3 is 2.70 bits per heavy atom. The zero-order valence-corrected chi connectivity index (χ0v) is 12.7. The van der Waals surface area contributed by atoms with Gasteiger partial charge in [0.15, 0.2) is 0 Å². The van der Waals surface area contributed by atoms with E-state index in [9.17, 15) is 4.39 Å². The maximum Gasteiger partial charge on any atom is 0.146 e. The number of rotatable bonds is 3. The third kappa shape index (κ3) is 2.69. The second-order valence-electron chi connectivity index (χ2n) is 6.77. The maximum absolute atomic E-state index is 14.3. The van der Waals surface area contributed by atoms with Gasteiger partial charge in [-0.15, -0.1) is 0 Å². The molecule has 2 aliphatic rings. The van der Waals surface area contributed by atoms with Gasteiger partial charge < -0.3 is 10.2 Å². The Labute approximate surface area is 121 Å². The van der Waals surface area contributed by atoms with Crippen LogP contribution >= 0.6 is 0 Å². The zero-order chi connectivity index (χ0) is 14.3. The average molecular weight is 276 g/mol. The minimum absolute atomic E-state index is 0.0855. The van der Waals surface area contributed by atoms with Gasteiger partial charge in [0.2, 0.25) is 0 Å². The number of hydrogen-bond donors (Lipinski definition) is 1. The molecule has 0 bridgehead atoms. The van der Waals surface area contributed by atoms with Gasteiger partial charge in [0.25, 0.3) is 0 Å². The summed E-state index contributed by atoms with van der Waals surface area (Å²) in [5, 5.41) is 3.68. The third-order valence-electron chi connectivity index (χ3n) is 4.75.